The summed E-state index contributed by atoms with van der Waals surface area (Å²) in [5.74, 6) is 0. The van der Waals surface area contributed by atoms with Crippen molar-refractivity contribution in [3.05, 3.63) is 89.2 Å². The van der Waals surface area contributed by atoms with E-state index in [0.717, 1.165) is 34.1 Å². The van der Waals surface area contributed by atoms with E-state index < -0.39 is 0 Å². The van der Waals surface area contributed by atoms with Gasteiger partial charge in [-0.05, 0) is 22.8 Å². The molecule has 23 heavy (non-hydrogen) atoms. The highest BCUT2D eigenvalue weighted by Gasteiger charge is 2.07. The van der Waals surface area contributed by atoms with E-state index in [1.165, 1.54) is 0 Å². The van der Waals surface area contributed by atoms with Crippen LogP contribution in [0.4, 0.5) is 0 Å². The SMILES string of the molecule is O=c1cc(-c2ccccc2)c2ccc(Cn3ccnc3)cc2[nH]1. The Bertz CT molecular complexity index is 1000. The van der Waals surface area contributed by atoms with Crippen molar-refractivity contribution in [3.63, 3.8) is 0 Å². The van der Waals surface area contributed by atoms with Gasteiger partial charge in [-0.15, -0.1) is 0 Å². The first-order valence-corrected chi connectivity index (χ1v) is 7.47. The fourth-order valence-electron chi connectivity index (χ4n) is 2.85. The van der Waals surface area contributed by atoms with Crippen molar-refractivity contribution >= 4 is 10.9 Å². The zero-order valence-electron chi connectivity index (χ0n) is 12.4. The number of benzene rings is 2. The molecule has 0 radical (unpaired) electrons. The molecule has 4 heteroatoms. The molecule has 0 spiro atoms. The minimum absolute atomic E-state index is 0.0869. The Morgan fingerprint density at radius 2 is 1.91 bits per heavy atom. The predicted octanol–water partition coefficient (Wildman–Crippen LogP) is 3.44. The van der Waals surface area contributed by atoms with Crippen molar-refractivity contribution in [1.29, 1.82) is 0 Å². The summed E-state index contributed by atoms with van der Waals surface area (Å²) >= 11 is 0. The largest absolute Gasteiger partial charge is 0.333 e. The molecule has 0 saturated carbocycles. The van der Waals surface area contributed by atoms with Crippen LogP contribution in [0.5, 0.6) is 0 Å². The van der Waals surface area contributed by atoms with Crippen molar-refractivity contribution < 1.29 is 0 Å². The Labute approximate surface area is 133 Å². The van der Waals surface area contributed by atoms with E-state index in [9.17, 15) is 4.79 Å². The van der Waals surface area contributed by atoms with Crippen LogP contribution in [-0.2, 0) is 6.54 Å². The molecule has 0 fully saturated rings. The Morgan fingerprint density at radius 3 is 2.70 bits per heavy atom. The molecule has 2 aromatic heterocycles. The van der Waals surface area contributed by atoms with Gasteiger partial charge in [0, 0.05) is 35.9 Å². The first kappa shape index (κ1) is 13.5. The molecular formula is C19H15N3O. The van der Waals surface area contributed by atoms with Gasteiger partial charge >= 0.3 is 0 Å². The van der Waals surface area contributed by atoms with E-state index >= 15 is 0 Å². The maximum Gasteiger partial charge on any atom is 0.249 e. The molecular weight excluding hydrogens is 286 g/mol. The van der Waals surface area contributed by atoms with Gasteiger partial charge in [0.25, 0.3) is 0 Å². The number of nitrogens with zero attached hydrogens (tertiary/aromatic N) is 2. The Morgan fingerprint density at radius 1 is 1.04 bits per heavy atom. The topological polar surface area (TPSA) is 50.7 Å². The van der Waals surface area contributed by atoms with Crippen LogP contribution in [-0.4, -0.2) is 14.5 Å². The van der Waals surface area contributed by atoms with Gasteiger partial charge in [0.1, 0.15) is 0 Å². The van der Waals surface area contributed by atoms with E-state index in [2.05, 4.69) is 22.1 Å². The predicted molar refractivity (Wildman–Crippen MR) is 91.3 cm³/mol. The standard InChI is InChI=1S/C19H15N3O/c23-19-11-17(15-4-2-1-3-5-15)16-7-6-14(10-18(16)21-19)12-22-9-8-20-13-22/h1-11,13H,12H2,(H,21,23). The smallest absolute Gasteiger partial charge is 0.249 e. The first-order valence-electron chi connectivity index (χ1n) is 7.47. The van der Waals surface area contributed by atoms with Crippen molar-refractivity contribution in [3.8, 4) is 11.1 Å². The molecule has 1 N–H and O–H groups in total. The Balaban J connectivity index is 1.85. The maximum atomic E-state index is 12.0. The van der Waals surface area contributed by atoms with Crippen LogP contribution in [0.3, 0.4) is 0 Å². The quantitative estimate of drug-likeness (QED) is 0.630. The van der Waals surface area contributed by atoms with Crippen molar-refractivity contribution in [2.75, 3.05) is 0 Å². The van der Waals surface area contributed by atoms with Gasteiger partial charge in [-0.2, -0.15) is 0 Å². The maximum absolute atomic E-state index is 12.0. The third-order valence-corrected chi connectivity index (χ3v) is 3.92. The number of nitrogens with one attached hydrogen (secondary N) is 1. The van der Waals surface area contributed by atoms with Crippen molar-refractivity contribution in [2.45, 2.75) is 6.54 Å². The van der Waals surface area contributed by atoms with Crippen LogP contribution in [0.1, 0.15) is 5.56 Å². The zero-order valence-corrected chi connectivity index (χ0v) is 12.4. The van der Waals surface area contributed by atoms with Crippen LogP contribution in [0.25, 0.3) is 22.0 Å². The van der Waals surface area contributed by atoms with Gasteiger partial charge < -0.3 is 9.55 Å². The lowest BCUT2D eigenvalue weighted by Crippen LogP contribution is -2.05. The Hall–Kier alpha value is -3.14. The second-order valence-corrected chi connectivity index (χ2v) is 5.53. The van der Waals surface area contributed by atoms with Crippen molar-refractivity contribution in [1.82, 2.24) is 14.5 Å². The second-order valence-electron chi connectivity index (χ2n) is 5.53. The number of imidazole rings is 1. The molecule has 0 unspecified atom stereocenters. The zero-order chi connectivity index (χ0) is 15.6. The number of H-pyrrole nitrogens is 1. The van der Waals surface area contributed by atoms with E-state index in [1.807, 2.05) is 47.2 Å². The summed E-state index contributed by atoms with van der Waals surface area (Å²) in [5.41, 5.74) is 3.89. The average molecular weight is 301 g/mol. The normalized spacial score (nSPS) is 11.0. The molecule has 0 saturated heterocycles. The van der Waals surface area contributed by atoms with Crippen molar-refractivity contribution in [2.24, 2.45) is 0 Å². The highest BCUT2D eigenvalue weighted by Crippen LogP contribution is 2.26. The lowest BCUT2D eigenvalue weighted by atomic mass is 10.0. The summed E-state index contributed by atoms with van der Waals surface area (Å²) in [4.78, 5) is 19.0. The summed E-state index contributed by atoms with van der Waals surface area (Å²) in [6.07, 6.45) is 5.47. The van der Waals surface area contributed by atoms with Gasteiger partial charge in [0.15, 0.2) is 0 Å². The van der Waals surface area contributed by atoms with E-state index in [0.29, 0.717) is 0 Å². The summed E-state index contributed by atoms with van der Waals surface area (Å²) in [7, 11) is 0. The van der Waals surface area contributed by atoms with Crippen LogP contribution >= 0.6 is 0 Å². The van der Waals surface area contributed by atoms with Crippen LogP contribution in [0.2, 0.25) is 0 Å². The first-order chi connectivity index (χ1) is 11.3. The summed E-state index contributed by atoms with van der Waals surface area (Å²) in [6.45, 7) is 0.730. The number of rotatable bonds is 3. The highest BCUT2D eigenvalue weighted by molar-refractivity contribution is 5.94. The Kier molecular flexibility index (Phi) is 3.27. The monoisotopic (exact) mass is 301 g/mol. The fraction of sp³-hybridized carbons (Fsp3) is 0.0526. The molecule has 2 aromatic carbocycles. The summed E-state index contributed by atoms with van der Waals surface area (Å²) in [6, 6.07) is 17.8. The number of aromatic nitrogens is 3. The van der Waals surface area contributed by atoms with E-state index in [4.69, 9.17) is 0 Å². The molecule has 112 valence electrons. The molecule has 0 aliphatic heterocycles. The molecule has 0 aliphatic carbocycles. The summed E-state index contributed by atoms with van der Waals surface area (Å²) < 4.78 is 2.00. The molecule has 4 nitrogen and oxygen atoms in total. The number of fused-ring (bicyclic) bond motifs is 1. The van der Waals surface area contributed by atoms with Gasteiger partial charge in [0.05, 0.1) is 6.33 Å². The molecule has 2 heterocycles. The van der Waals surface area contributed by atoms with Gasteiger partial charge in [-0.1, -0.05) is 42.5 Å². The molecule has 0 atom stereocenters. The minimum atomic E-state index is -0.0869. The number of aromatic amines is 1. The summed E-state index contributed by atoms with van der Waals surface area (Å²) in [5, 5.41) is 1.05. The number of hydrogen-bond donors (Lipinski definition) is 1. The third kappa shape index (κ3) is 2.66. The van der Waals surface area contributed by atoms with Gasteiger partial charge in [-0.3, -0.25) is 4.79 Å². The molecule has 0 bridgehead atoms. The molecule has 0 amide bonds. The van der Waals surface area contributed by atoms with Gasteiger partial charge in [-0.25, -0.2) is 4.98 Å². The minimum Gasteiger partial charge on any atom is -0.333 e. The molecule has 0 aliphatic rings. The lowest BCUT2D eigenvalue weighted by Gasteiger charge is -2.09. The molecule has 4 aromatic rings. The highest BCUT2D eigenvalue weighted by atomic mass is 16.1. The van der Waals surface area contributed by atoms with Crippen LogP contribution < -0.4 is 5.56 Å². The molecule has 4 rings (SSSR count). The van der Waals surface area contributed by atoms with E-state index in [-0.39, 0.29) is 5.56 Å². The van der Waals surface area contributed by atoms with Gasteiger partial charge in [0.2, 0.25) is 5.56 Å². The number of hydrogen-bond acceptors (Lipinski definition) is 2. The van der Waals surface area contributed by atoms with E-state index in [1.54, 1.807) is 18.6 Å². The number of pyridine rings is 1. The second kappa shape index (κ2) is 5.57. The van der Waals surface area contributed by atoms with Crippen LogP contribution in [0.15, 0.2) is 78.1 Å². The fourth-order valence-corrected chi connectivity index (χ4v) is 2.85. The average Bonchev–Trinajstić information content (AvgIpc) is 3.07. The lowest BCUT2D eigenvalue weighted by molar-refractivity contribution is 0.798. The van der Waals surface area contributed by atoms with Crippen LogP contribution in [0, 0.1) is 0 Å². The third-order valence-electron chi connectivity index (χ3n) is 3.92.